The Labute approximate surface area is 176 Å². The zero-order valence-electron chi connectivity index (χ0n) is 16.2. The van der Waals surface area contributed by atoms with E-state index < -0.39 is 11.5 Å². The summed E-state index contributed by atoms with van der Waals surface area (Å²) in [7, 11) is 0. The minimum atomic E-state index is -0.566. The summed E-state index contributed by atoms with van der Waals surface area (Å²) in [6.45, 7) is 1.75. The van der Waals surface area contributed by atoms with Gasteiger partial charge >= 0.3 is 5.97 Å². The van der Waals surface area contributed by atoms with Crippen molar-refractivity contribution in [2.24, 2.45) is 0 Å². The molecule has 2 aromatic carbocycles. The van der Waals surface area contributed by atoms with Gasteiger partial charge in [0, 0.05) is 10.9 Å². The number of aromatic nitrogens is 2. The first kappa shape index (κ1) is 19.7. The van der Waals surface area contributed by atoms with Gasteiger partial charge in [-0.1, -0.05) is 54.6 Å². The maximum absolute atomic E-state index is 12.9. The van der Waals surface area contributed by atoms with Gasteiger partial charge in [0.1, 0.15) is 4.83 Å². The number of nitrogens with zero attached hydrogens (tertiary/aromatic N) is 2. The Bertz CT molecular complexity index is 1270. The van der Waals surface area contributed by atoms with Crippen LogP contribution in [0.25, 0.3) is 21.3 Å². The van der Waals surface area contributed by atoms with Crippen molar-refractivity contribution in [3.05, 3.63) is 87.8 Å². The lowest BCUT2D eigenvalue weighted by Crippen LogP contribution is -2.25. The van der Waals surface area contributed by atoms with E-state index >= 15 is 0 Å². The Morgan fingerprint density at radius 3 is 2.43 bits per heavy atom. The largest absolute Gasteiger partial charge is 0.462 e. The number of ether oxygens (including phenoxy) is 1. The molecule has 0 atom stereocenters. The molecule has 6 nitrogen and oxygen atoms in total. The zero-order valence-corrected chi connectivity index (χ0v) is 17.0. The first-order valence-corrected chi connectivity index (χ1v) is 10.3. The molecule has 2 heterocycles. The molecule has 7 heteroatoms. The van der Waals surface area contributed by atoms with Crippen LogP contribution in [0.15, 0.2) is 71.1 Å². The summed E-state index contributed by atoms with van der Waals surface area (Å²) in [4.78, 5) is 42.4. The second-order valence-electron chi connectivity index (χ2n) is 6.59. The normalized spacial score (nSPS) is 10.8. The summed E-state index contributed by atoms with van der Waals surface area (Å²) in [5.41, 5.74) is 2.32. The molecule has 0 aliphatic rings. The Balaban J connectivity index is 1.60. The van der Waals surface area contributed by atoms with Crippen LogP contribution in [0.3, 0.4) is 0 Å². The molecule has 0 aliphatic heterocycles. The van der Waals surface area contributed by atoms with Crippen molar-refractivity contribution in [3.8, 4) is 11.1 Å². The molecule has 0 amide bonds. The highest BCUT2D eigenvalue weighted by molar-refractivity contribution is 7.17. The van der Waals surface area contributed by atoms with Gasteiger partial charge in [0.05, 0.1) is 30.4 Å². The van der Waals surface area contributed by atoms with E-state index in [1.807, 2.05) is 42.5 Å². The second kappa shape index (κ2) is 8.42. The number of rotatable bonds is 6. The molecule has 4 aromatic rings. The maximum Gasteiger partial charge on any atom is 0.339 e. The average molecular weight is 418 g/mol. The highest BCUT2D eigenvalue weighted by atomic mass is 32.1. The van der Waals surface area contributed by atoms with Crippen LogP contribution >= 0.6 is 11.3 Å². The highest BCUT2D eigenvalue weighted by Gasteiger charge is 2.19. The molecule has 0 saturated heterocycles. The summed E-state index contributed by atoms with van der Waals surface area (Å²) in [6.07, 6.45) is 1.34. The molecule has 150 valence electrons. The lowest BCUT2D eigenvalue weighted by Gasteiger charge is -2.07. The first-order valence-electron chi connectivity index (χ1n) is 9.41. The van der Waals surface area contributed by atoms with Gasteiger partial charge in [0.25, 0.3) is 5.56 Å². The van der Waals surface area contributed by atoms with Gasteiger partial charge in [0.2, 0.25) is 0 Å². The van der Waals surface area contributed by atoms with Crippen LogP contribution < -0.4 is 5.56 Å². The van der Waals surface area contributed by atoms with Crippen LogP contribution in [0, 0.1) is 0 Å². The summed E-state index contributed by atoms with van der Waals surface area (Å²) in [5.74, 6) is -0.783. The number of carbonyl (C=O) groups excluding carboxylic acids is 2. The van der Waals surface area contributed by atoms with Gasteiger partial charge in [-0.05, 0) is 18.1 Å². The minimum Gasteiger partial charge on any atom is -0.462 e. The van der Waals surface area contributed by atoms with Gasteiger partial charge in [0.15, 0.2) is 5.78 Å². The molecule has 0 fully saturated rings. The van der Waals surface area contributed by atoms with Gasteiger partial charge in [-0.15, -0.1) is 11.3 Å². The Morgan fingerprint density at radius 2 is 1.73 bits per heavy atom. The van der Waals surface area contributed by atoms with Gasteiger partial charge in [-0.3, -0.25) is 14.2 Å². The van der Waals surface area contributed by atoms with E-state index in [1.165, 1.54) is 22.2 Å². The molecule has 0 spiro atoms. The van der Waals surface area contributed by atoms with Crippen molar-refractivity contribution in [3.63, 3.8) is 0 Å². The number of carbonyl (C=O) groups is 2. The van der Waals surface area contributed by atoms with E-state index in [0.29, 0.717) is 10.4 Å². The fourth-order valence-corrected chi connectivity index (χ4v) is 4.03. The smallest absolute Gasteiger partial charge is 0.339 e. The van der Waals surface area contributed by atoms with Crippen LogP contribution in [0.4, 0.5) is 0 Å². The SMILES string of the molecule is CCOC(=O)c1csc2ncn(CC(=O)c3ccc(-c4ccccc4)cc3)c(=O)c12. The van der Waals surface area contributed by atoms with E-state index in [0.717, 1.165) is 11.1 Å². The quantitative estimate of drug-likeness (QED) is 0.347. The van der Waals surface area contributed by atoms with Crippen LogP contribution in [0.1, 0.15) is 27.6 Å². The van der Waals surface area contributed by atoms with Crippen molar-refractivity contribution < 1.29 is 14.3 Å². The molecule has 0 bridgehead atoms. The summed E-state index contributed by atoms with van der Waals surface area (Å²) >= 11 is 1.20. The number of fused-ring (bicyclic) bond motifs is 1. The maximum atomic E-state index is 12.9. The second-order valence-corrected chi connectivity index (χ2v) is 7.45. The molecule has 2 aromatic heterocycles. The monoisotopic (exact) mass is 418 g/mol. The van der Waals surface area contributed by atoms with Crippen molar-refractivity contribution in [1.29, 1.82) is 0 Å². The number of ketones is 1. The van der Waals surface area contributed by atoms with Crippen molar-refractivity contribution in [2.45, 2.75) is 13.5 Å². The molecule has 0 aliphatic carbocycles. The number of hydrogen-bond acceptors (Lipinski definition) is 6. The number of hydrogen-bond donors (Lipinski definition) is 0. The van der Waals surface area contributed by atoms with E-state index in [9.17, 15) is 14.4 Å². The standard InChI is InChI=1S/C23H18N2O4S/c1-2-29-23(28)18-13-30-21-20(18)22(27)25(14-24-21)12-19(26)17-10-8-16(9-11-17)15-6-4-3-5-7-15/h3-11,13-14H,2,12H2,1H3. The summed E-state index contributed by atoms with van der Waals surface area (Å²) < 4.78 is 6.24. The zero-order chi connectivity index (χ0) is 21.1. The van der Waals surface area contributed by atoms with Gasteiger partial charge in [-0.25, -0.2) is 9.78 Å². The predicted molar refractivity (Wildman–Crippen MR) is 116 cm³/mol. The van der Waals surface area contributed by atoms with Gasteiger partial charge in [-0.2, -0.15) is 0 Å². The molecule has 0 saturated carbocycles. The van der Waals surface area contributed by atoms with Crippen LogP contribution in [-0.4, -0.2) is 27.9 Å². The predicted octanol–water partition coefficient (Wildman–Crippen LogP) is 4.18. The van der Waals surface area contributed by atoms with E-state index in [4.69, 9.17) is 4.74 Å². The summed E-state index contributed by atoms with van der Waals surface area (Å²) in [5, 5.41) is 1.75. The third-order valence-corrected chi connectivity index (χ3v) is 5.57. The van der Waals surface area contributed by atoms with E-state index in [-0.39, 0.29) is 29.9 Å². The number of benzene rings is 2. The lowest BCUT2D eigenvalue weighted by atomic mass is 10.0. The summed E-state index contributed by atoms with van der Waals surface area (Å²) in [6, 6.07) is 17.1. The molecule has 0 N–H and O–H groups in total. The number of Topliss-reactive ketones (excluding diaryl/α,β-unsaturated/α-hetero) is 1. The fourth-order valence-electron chi connectivity index (χ4n) is 3.16. The van der Waals surface area contributed by atoms with Crippen molar-refractivity contribution >= 4 is 33.3 Å². The van der Waals surface area contributed by atoms with Crippen molar-refractivity contribution in [2.75, 3.05) is 6.61 Å². The van der Waals surface area contributed by atoms with E-state index in [1.54, 1.807) is 24.4 Å². The molecular weight excluding hydrogens is 400 g/mol. The van der Waals surface area contributed by atoms with Gasteiger partial charge < -0.3 is 4.74 Å². The molecule has 4 rings (SSSR count). The lowest BCUT2D eigenvalue weighted by molar-refractivity contribution is 0.0529. The first-order chi connectivity index (χ1) is 14.6. The molecule has 30 heavy (non-hydrogen) atoms. The molecular formula is C23H18N2O4S. The number of esters is 1. The van der Waals surface area contributed by atoms with E-state index in [2.05, 4.69) is 4.98 Å². The van der Waals surface area contributed by atoms with Crippen LogP contribution in [0.5, 0.6) is 0 Å². The third-order valence-electron chi connectivity index (χ3n) is 4.68. The Kier molecular flexibility index (Phi) is 5.54. The topological polar surface area (TPSA) is 78.3 Å². The van der Waals surface area contributed by atoms with Crippen molar-refractivity contribution in [1.82, 2.24) is 9.55 Å². The fraction of sp³-hybridized carbons (Fsp3) is 0.130. The number of thiophene rings is 1. The average Bonchev–Trinajstić information content (AvgIpc) is 3.22. The third kappa shape index (κ3) is 3.79. The highest BCUT2D eigenvalue weighted by Crippen LogP contribution is 2.22. The Hall–Kier alpha value is -3.58. The van der Waals surface area contributed by atoms with Crippen LogP contribution in [0.2, 0.25) is 0 Å². The minimum absolute atomic E-state index is 0.162. The Morgan fingerprint density at radius 1 is 1.03 bits per heavy atom. The van der Waals surface area contributed by atoms with Crippen LogP contribution in [-0.2, 0) is 11.3 Å². The molecule has 0 unspecified atom stereocenters. The molecule has 0 radical (unpaired) electrons.